The van der Waals surface area contributed by atoms with Gasteiger partial charge in [0.1, 0.15) is 5.69 Å². The highest BCUT2D eigenvalue weighted by molar-refractivity contribution is 5.93. The lowest BCUT2D eigenvalue weighted by Crippen LogP contribution is -2.34. The third-order valence-electron chi connectivity index (χ3n) is 3.99. The maximum absolute atomic E-state index is 12.6. The molecule has 0 saturated carbocycles. The molecule has 1 aromatic carbocycles. The second-order valence-electron chi connectivity index (χ2n) is 5.87. The first-order valence-corrected chi connectivity index (χ1v) is 8.16. The fourth-order valence-electron chi connectivity index (χ4n) is 2.69. The van der Waals surface area contributed by atoms with E-state index in [0.717, 1.165) is 18.5 Å². The van der Waals surface area contributed by atoms with Crippen LogP contribution in [0.2, 0.25) is 0 Å². The highest BCUT2D eigenvalue weighted by Crippen LogP contribution is 2.12. The second kappa shape index (κ2) is 7.59. The number of pyridine rings is 1. The average molecular weight is 319 g/mol. The number of benzene rings is 1. The Morgan fingerprint density at radius 2 is 1.96 bits per heavy atom. The molecule has 0 fully saturated rings. The minimum atomic E-state index is -0.0654. The van der Waals surface area contributed by atoms with Crippen molar-refractivity contribution in [3.05, 3.63) is 84.4 Å². The van der Waals surface area contributed by atoms with Crippen molar-refractivity contribution in [2.75, 3.05) is 0 Å². The van der Waals surface area contributed by atoms with Gasteiger partial charge in [0.05, 0.1) is 11.9 Å². The first kappa shape index (κ1) is 16.0. The van der Waals surface area contributed by atoms with E-state index in [4.69, 9.17) is 0 Å². The van der Waals surface area contributed by atoms with Crippen molar-refractivity contribution in [3.63, 3.8) is 0 Å². The van der Waals surface area contributed by atoms with E-state index in [1.54, 1.807) is 12.4 Å². The van der Waals surface area contributed by atoms with Crippen LogP contribution >= 0.6 is 0 Å². The van der Waals surface area contributed by atoms with Crippen LogP contribution in [0.15, 0.2) is 73.2 Å². The van der Waals surface area contributed by atoms with Crippen LogP contribution < -0.4 is 5.32 Å². The number of carbonyl (C=O) groups is 1. The minimum absolute atomic E-state index is 0.0654. The number of nitrogens with zero attached hydrogens (tertiary/aromatic N) is 2. The molecule has 3 rings (SSSR count). The molecule has 2 aromatic heterocycles. The molecule has 4 nitrogen and oxygen atoms in total. The van der Waals surface area contributed by atoms with Crippen molar-refractivity contribution in [3.8, 4) is 5.69 Å². The van der Waals surface area contributed by atoms with Gasteiger partial charge in [-0.3, -0.25) is 9.78 Å². The summed E-state index contributed by atoms with van der Waals surface area (Å²) < 4.78 is 1.85. The first-order chi connectivity index (χ1) is 11.7. The molecule has 0 radical (unpaired) electrons. The van der Waals surface area contributed by atoms with Crippen molar-refractivity contribution in [2.45, 2.75) is 25.8 Å². The Bertz CT molecular complexity index is 781. The van der Waals surface area contributed by atoms with E-state index in [-0.39, 0.29) is 11.9 Å². The molecule has 4 heteroatoms. The number of rotatable bonds is 6. The van der Waals surface area contributed by atoms with Crippen LogP contribution in [0.5, 0.6) is 0 Å². The summed E-state index contributed by atoms with van der Waals surface area (Å²) in [6, 6.07) is 17.9. The number of carbonyl (C=O) groups excluding carboxylic acids is 1. The van der Waals surface area contributed by atoms with Crippen molar-refractivity contribution in [1.82, 2.24) is 14.9 Å². The predicted molar refractivity (Wildman–Crippen MR) is 95.3 cm³/mol. The fraction of sp³-hybridized carbons (Fsp3) is 0.200. The summed E-state index contributed by atoms with van der Waals surface area (Å²) in [6.07, 6.45) is 7.20. The van der Waals surface area contributed by atoms with Crippen LogP contribution in [0.3, 0.4) is 0 Å². The minimum Gasteiger partial charge on any atom is -0.348 e. The molecule has 0 spiro atoms. The van der Waals surface area contributed by atoms with Crippen LogP contribution in [0.1, 0.15) is 29.4 Å². The van der Waals surface area contributed by atoms with Crippen molar-refractivity contribution < 1.29 is 4.79 Å². The van der Waals surface area contributed by atoms with E-state index in [2.05, 4.69) is 22.4 Å². The normalized spacial score (nSPS) is 11.9. The summed E-state index contributed by atoms with van der Waals surface area (Å²) >= 11 is 0. The van der Waals surface area contributed by atoms with Gasteiger partial charge in [-0.15, -0.1) is 0 Å². The quantitative estimate of drug-likeness (QED) is 0.754. The number of amides is 1. The zero-order valence-corrected chi connectivity index (χ0v) is 13.7. The van der Waals surface area contributed by atoms with Gasteiger partial charge in [-0.05, 0) is 49.6 Å². The summed E-state index contributed by atoms with van der Waals surface area (Å²) in [5, 5.41) is 3.08. The predicted octanol–water partition coefficient (Wildman–Crippen LogP) is 3.62. The lowest BCUT2D eigenvalue weighted by molar-refractivity contribution is 0.0931. The molecule has 0 unspecified atom stereocenters. The third-order valence-corrected chi connectivity index (χ3v) is 3.99. The standard InChI is InChI=1S/C20H21N3O/c1-16(11-12-17-7-3-2-4-8-17)22-20(24)19-10-6-14-23(19)18-9-5-13-21-15-18/h2-10,13-16H,11-12H2,1H3,(H,22,24)/t16-/m1/s1. The zero-order chi connectivity index (χ0) is 16.8. The van der Waals surface area contributed by atoms with Crippen molar-refractivity contribution in [2.24, 2.45) is 0 Å². The molecule has 24 heavy (non-hydrogen) atoms. The Hall–Kier alpha value is -2.88. The summed E-state index contributed by atoms with van der Waals surface area (Å²) in [4.78, 5) is 16.7. The van der Waals surface area contributed by atoms with Gasteiger partial charge in [0, 0.05) is 18.4 Å². The Morgan fingerprint density at radius 1 is 1.12 bits per heavy atom. The van der Waals surface area contributed by atoms with Crippen LogP contribution in [-0.2, 0) is 6.42 Å². The van der Waals surface area contributed by atoms with Crippen molar-refractivity contribution in [1.29, 1.82) is 0 Å². The topological polar surface area (TPSA) is 46.9 Å². The lowest BCUT2D eigenvalue weighted by atomic mass is 10.1. The third kappa shape index (κ3) is 3.90. The molecule has 0 saturated heterocycles. The Balaban J connectivity index is 1.62. The van der Waals surface area contributed by atoms with Gasteiger partial charge in [-0.2, -0.15) is 0 Å². The number of aromatic nitrogens is 2. The van der Waals surface area contributed by atoms with Crippen LogP contribution in [0.25, 0.3) is 5.69 Å². The Morgan fingerprint density at radius 3 is 2.71 bits per heavy atom. The molecular formula is C20H21N3O. The van der Waals surface area contributed by atoms with E-state index in [1.807, 2.05) is 60.2 Å². The first-order valence-electron chi connectivity index (χ1n) is 8.16. The molecule has 0 aliphatic rings. The summed E-state index contributed by atoms with van der Waals surface area (Å²) in [5.41, 5.74) is 2.79. The van der Waals surface area contributed by atoms with Gasteiger partial charge >= 0.3 is 0 Å². The molecule has 122 valence electrons. The molecular weight excluding hydrogens is 298 g/mol. The summed E-state index contributed by atoms with van der Waals surface area (Å²) in [7, 11) is 0. The molecule has 0 bridgehead atoms. The summed E-state index contributed by atoms with van der Waals surface area (Å²) in [6.45, 7) is 2.04. The van der Waals surface area contributed by atoms with Gasteiger partial charge in [0.25, 0.3) is 5.91 Å². The molecule has 2 heterocycles. The smallest absolute Gasteiger partial charge is 0.268 e. The Kier molecular flexibility index (Phi) is 5.06. The van der Waals surface area contributed by atoms with E-state index >= 15 is 0 Å². The number of aryl methyl sites for hydroxylation is 1. The number of nitrogens with one attached hydrogen (secondary N) is 1. The molecule has 1 amide bonds. The molecule has 1 atom stereocenters. The van der Waals surface area contributed by atoms with Crippen LogP contribution in [0, 0.1) is 0 Å². The molecule has 3 aromatic rings. The zero-order valence-electron chi connectivity index (χ0n) is 13.7. The number of hydrogen-bond donors (Lipinski definition) is 1. The van der Waals surface area contributed by atoms with E-state index < -0.39 is 0 Å². The van der Waals surface area contributed by atoms with E-state index in [9.17, 15) is 4.79 Å². The van der Waals surface area contributed by atoms with Gasteiger partial charge in [-0.25, -0.2) is 0 Å². The Labute approximate surface area is 142 Å². The highest BCUT2D eigenvalue weighted by atomic mass is 16.2. The molecule has 0 aliphatic carbocycles. The molecule has 0 aliphatic heterocycles. The molecule has 1 N–H and O–H groups in total. The summed E-state index contributed by atoms with van der Waals surface area (Å²) in [5.74, 6) is -0.0654. The second-order valence-corrected chi connectivity index (χ2v) is 5.87. The maximum Gasteiger partial charge on any atom is 0.268 e. The van der Waals surface area contributed by atoms with E-state index in [0.29, 0.717) is 5.69 Å². The van der Waals surface area contributed by atoms with Crippen molar-refractivity contribution >= 4 is 5.91 Å². The lowest BCUT2D eigenvalue weighted by Gasteiger charge is -2.15. The largest absolute Gasteiger partial charge is 0.348 e. The van der Waals surface area contributed by atoms with Gasteiger partial charge in [0.15, 0.2) is 0 Å². The van der Waals surface area contributed by atoms with Gasteiger partial charge in [0.2, 0.25) is 0 Å². The highest BCUT2D eigenvalue weighted by Gasteiger charge is 2.14. The van der Waals surface area contributed by atoms with Gasteiger partial charge < -0.3 is 9.88 Å². The maximum atomic E-state index is 12.6. The monoisotopic (exact) mass is 319 g/mol. The SMILES string of the molecule is C[C@H](CCc1ccccc1)NC(=O)c1cccn1-c1cccnc1. The number of hydrogen-bond acceptors (Lipinski definition) is 2. The fourth-order valence-corrected chi connectivity index (χ4v) is 2.69. The van der Waals surface area contributed by atoms with Crippen LogP contribution in [-0.4, -0.2) is 21.5 Å². The average Bonchev–Trinajstić information content (AvgIpc) is 3.11. The van der Waals surface area contributed by atoms with Gasteiger partial charge in [-0.1, -0.05) is 30.3 Å². The van der Waals surface area contributed by atoms with Crippen LogP contribution in [0.4, 0.5) is 0 Å². The van der Waals surface area contributed by atoms with E-state index in [1.165, 1.54) is 5.56 Å².